The summed E-state index contributed by atoms with van der Waals surface area (Å²) in [5.41, 5.74) is 4.09. The number of hydrogen-bond donors (Lipinski definition) is 1. The van der Waals surface area contributed by atoms with Crippen LogP contribution in [0.25, 0.3) is 6.08 Å². The number of nitrogens with zero attached hydrogens (tertiary/aromatic N) is 1. The molecule has 2 heterocycles. The molecule has 2 aliphatic rings. The molecule has 29 heavy (non-hydrogen) atoms. The van der Waals surface area contributed by atoms with Gasteiger partial charge in [-0.15, -0.1) is 11.3 Å². The summed E-state index contributed by atoms with van der Waals surface area (Å²) in [4.78, 5) is 3.98. The normalized spacial score (nSPS) is 26.5. The first-order chi connectivity index (χ1) is 14.2. The van der Waals surface area contributed by atoms with Crippen LogP contribution in [0.4, 0.5) is 0 Å². The molecule has 1 saturated heterocycles. The van der Waals surface area contributed by atoms with E-state index in [1.54, 1.807) is 11.3 Å². The van der Waals surface area contributed by atoms with Crippen LogP contribution >= 0.6 is 11.3 Å². The molecule has 0 amide bonds. The summed E-state index contributed by atoms with van der Waals surface area (Å²) in [5, 5.41) is 12.4. The third-order valence-corrected chi connectivity index (χ3v) is 7.91. The molecular formula is C26H27NOS. The Labute approximate surface area is 177 Å². The molecular weight excluding hydrogens is 374 g/mol. The van der Waals surface area contributed by atoms with Gasteiger partial charge in [0.1, 0.15) is 5.75 Å². The molecule has 1 fully saturated rings. The second-order valence-corrected chi connectivity index (χ2v) is 9.38. The van der Waals surface area contributed by atoms with Crippen molar-refractivity contribution in [2.75, 3.05) is 13.1 Å². The van der Waals surface area contributed by atoms with Crippen LogP contribution in [0.15, 0.2) is 72.1 Å². The van der Waals surface area contributed by atoms with Gasteiger partial charge in [-0.25, -0.2) is 0 Å². The van der Waals surface area contributed by atoms with E-state index in [2.05, 4.69) is 77.9 Å². The molecule has 2 nitrogen and oxygen atoms in total. The van der Waals surface area contributed by atoms with Crippen molar-refractivity contribution in [2.45, 2.75) is 31.2 Å². The number of fused-ring (bicyclic) bond motifs is 4. The average Bonchev–Trinajstić information content (AvgIpc) is 3.25. The van der Waals surface area contributed by atoms with Crippen LogP contribution in [0.3, 0.4) is 0 Å². The quantitative estimate of drug-likeness (QED) is 0.604. The molecule has 0 saturated carbocycles. The zero-order valence-corrected chi connectivity index (χ0v) is 17.6. The fraction of sp³-hybridized carbons (Fsp3) is 0.308. The Bertz CT molecular complexity index is 1010. The van der Waals surface area contributed by atoms with Gasteiger partial charge in [-0.05, 0) is 71.6 Å². The Balaban J connectivity index is 1.52. The van der Waals surface area contributed by atoms with Gasteiger partial charge >= 0.3 is 0 Å². The van der Waals surface area contributed by atoms with Crippen molar-refractivity contribution in [2.24, 2.45) is 5.92 Å². The van der Waals surface area contributed by atoms with E-state index in [-0.39, 0.29) is 5.41 Å². The van der Waals surface area contributed by atoms with Crippen molar-refractivity contribution in [1.82, 2.24) is 4.90 Å². The van der Waals surface area contributed by atoms with E-state index < -0.39 is 0 Å². The van der Waals surface area contributed by atoms with E-state index in [9.17, 15) is 5.11 Å². The highest BCUT2D eigenvalue weighted by molar-refractivity contribution is 7.10. The minimum absolute atomic E-state index is 0.0216. The van der Waals surface area contributed by atoms with Crippen molar-refractivity contribution >= 4 is 17.4 Å². The van der Waals surface area contributed by atoms with Crippen LogP contribution in [-0.4, -0.2) is 29.1 Å². The van der Waals surface area contributed by atoms with E-state index >= 15 is 0 Å². The Morgan fingerprint density at radius 3 is 2.79 bits per heavy atom. The molecule has 3 heteroatoms. The second kappa shape index (κ2) is 7.47. The molecule has 2 aromatic carbocycles. The molecule has 1 aromatic heterocycles. The lowest BCUT2D eigenvalue weighted by molar-refractivity contribution is 0.0500. The molecule has 5 rings (SSSR count). The first-order valence-electron chi connectivity index (χ1n) is 10.5. The van der Waals surface area contributed by atoms with Gasteiger partial charge in [-0.2, -0.15) is 0 Å². The SMILES string of the molecule is CC1C2Cc3ccc(O)cc3C1(c1ccccc1)CCN2C/C=C/c1cccs1. The summed E-state index contributed by atoms with van der Waals surface area (Å²) in [6.07, 6.45) is 6.71. The van der Waals surface area contributed by atoms with Gasteiger partial charge in [0.15, 0.2) is 0 Å². The zero-order valence-electron chi connectivity index (χ0n) is 16.8. The maximum atomic E-state index is 10.3. The largest absolute Gasteiger partial charge is 0.508 e. The predicted octanol–water partition coefficient (Wildman–Crippen LogP) is 5.72. The molecule has 3 aromatic rings. The molecule has 1 N–H and O–H groups in total. The standard InChI is InChI=1S/C26H27NOS/c1-19-25-17-20-11-12-22(28)18-24(20)26(19,21-7-3-2-4-8-21)13-15-27(25)14-5-9-23-10-6-16-29-23/h2-12,16,18-19,25,28H,13-15,17H2,1H3/b9-5+. The van der Waals surface area contributed by atoms with Gasteiger partial charge < -0.3 is 5.11 Å². The fourth-order valence-corrected chi connectivity index (χ4v) is 6.29. The number of hydrogen-bond acceptors (Lipinski definition) is 3. The van der Waals surface area contributed by atoms with Crippen molar-refractivity contribution in [3.63, 3.8) is 0 Å². The summed E-state index contributed by atoms with van der Waals surface area (Å²) in [5.74, 6) is 0.870. The lowest BCUT2D eigenvalue weighted by Crippen LogP contribution is -2.59. The summed E-state index contributed by atoms with van der Waals surface area (Å²) in [6, 6.07) is 21.8. The average molecular weight is 402 g/mol. The van der Waals surface area contributed by atoms with E-state index in [4.69, 9.17) is 0 Å². The van der Waals surface area contributed by atoms with Crippen LogP contribution < -0.4 is 0 Å². The summed E-state index contributed by atoms with van der Waals surface area (Å²) in [7, 11) is 0. The highest BCUT2D eigenvalue weighted by Crippen LogP contribution is 2.53. The number of thiophene rings is 1. The van der Waals surface area contributed by atoms with E-state index in [0.717, 1.165) is 25.9 Å². The number of aromatic hydroxyl groups is 1. The molecule has 0 radical (unpaired) electrons. The van der Waals surface area contributed by atoms with E-state index in [1.807, 2.05) is 12.1 Å². The minimum Gasteiger partial charge on any atom is -0.508 e. The molecule has 1 aliphatic carbocycles. The van der Waals surface area contributed by atoms with Gasteiger partial charge in [-0.3, -0.25) is 4.90 Å². The van der Waals surface area contributed by atoms with Crippen LogP contribution in [0.2, 0.25) is 0 Å². The molecule has 2 bridgehead atoms. The van der Waals surface area contributed by atoms with Crippen LogP contribution in [0.1, 0.15) is 34.9 Å². The van der Waals surface area contributed by atoms with Crippen molar-refractivity contribution in [1.29, 1.82) is 0 Å². The number of likely N-dealkylation sites (tertiary alicyclic amines) is 1. The van der Waals surface area contributed by atoms with Crippen molar-refractivity contribution in [3.8, 4) is 5.75 Å². The van der Waals surface area contributed by atoms with E-state index in [0.29, 0.717) is 17.7 Å². The molecule has 148 valence electrons. The predicted molar refractivity (Wildman–Crippen MR) is 122 cm³/mol. The number of phenols is 1. The topological polar surface area (TPSA) is 23.5 Å². The Morgan fingerprint density at radius 2 is 2.00 bits per heavy atom. The molecule has 3 atom stereocenters. The van der Waals surface area contributed by atoms with Crippen LogP contribution in [0, 0.1) is 5.92 Å². The van der Waals surface area contributed by atoms with Gasteiger partial charge in [0.05, 0.1) is 0 Å². The molecule has 1 aliphatic heterocycles. The Hall–Kier alpha value is -2.36. The lowest BCUT2D eigenvalue weighted by atomic mass is 9.55. The molecule has 3 unspecified atom stereocenters. The first-order valence-corrected chi connectivity index (χ1v) is 11.4. The highest BCUT2D eigenvalue weighted by atomic mass is 32.1. The zero-order chi connectivity index (χ0) is 19.8. The van der Waals surface area contributed by atoms with Crippen LogP contribution in [0.5, 0.6) is 5.75 Å². The van der Waals surface area contributed by atoms with E-state index in [1.165, 1.54) is 21.6 Å². The Kier molecular flexibility index (Phi) is 4.81. The summed E-state index contributed by atoms with van der Waals surface area (Å²) < 4.78 is 0. The third-order valence-electron chi connectivity index (χ3n) is 7.07. The van der Waals surface area contributed by atoms with Gasteiger partial charge in [-0.1, -0.05) is 55.5 Å². The highest BCUT2D eigenvalue weighted by Gasteiger charge is 2.51. The number of rotatable bonds is 4. The van der Waals surface area contributed by atoms with Crippen molar-refractivity contribution < 1.29 is 5.11 Å². The summed E-state index contributed by atoms with van der Waals surface area (Å²) >= 11 is 1.79. The number of phenolic OH excluding ortho intramolecular Hbond substituents is 1. The van der Waals surface area contributed by atoms with Gasteiger partial charge in [0, 0.05) is 22.9 Å². The Morgan fingerprint density at radius 1 is 1.14 bits per heavy atom. The number of piperidine rings is 1. The smallest absolute Gasteiger partial charge is 0.115 e. The number of benzene rings is 2. The first kappa shape index (κ1) is 18.7. The summed E-state index contributed by atoms with van der Waals surface area (Å²) in [6.45, 7) is 4.48. The maximum absolute atomic E-state index is 10.3. The fourth-order valence-electron chi connectivity index (χ4n) is 5.64. The van der Waals surface area contributed by atoms with Crippen LogP contribution in [-0.2, 0) is 11.8 Å². The second-order valence-electron chi connectivity index (χ2n) is 8.40. The maximum Gasteiger partial charge on any atom is 0.115 e. The third kappa shape index (κ3) is 3.13. The van der Waals surface area contributed by atoms with Crippen molar-refractivity contribution in [3.05, 3.63) is 93.7 Å². The lowest BCUT2D eigenvalue weighted by Gasteiger charge is -2.56. The monoisotopic (exact) mass is 401 g/mol. The molecule has 0 spiro atoms. The minimum atomic E-state index is -0.0216. The van der Waals surface area contributed by atoms with Gasteiger partial charge in [0.25, 0.3) is 0 Å². The van der Waals surface area contributed by atoms with Gasteiger partial charge in [0.2, 0.25) is 0 Å².